The number of rotatable bonds is 6. The van der Waals surface area contributed by atoms with Crippen molar-refractivity contribution in [3.05, 3.63) is 47.3 Å². The molecule has 6 heteroatoms. The van der Waals surface area contributed by atoms with Gasteiger partial charge in [-0.15, -0.1) is 0 Å². The highest BCUT2D eigenvalue weighted by Crippen LogP contribution is 2.20. The summed E-state index contributed by atoms with van der Waals surface area (Å²) in [5, 5.41) is 8.73. The van der Waals surface area contributed by atoms with Crippen molar-refractivity contribution >= 4 is 23.0 Å². The van der Waals surface area contributed by atoms with Gasteiger partial charge in [-0.05, 0) is 56.1 Å². The SMILES string of the molecule is CC[C@@H](C)c1ccc(NC(=S)N2CC[NH+](Cc3cnn(CC)c3C)CC2)cc1. The van der Waals surface area contributed by atoms with Gasteiger partial charge in [0.2, 0.25) is 0 Å². The zero-order valence-corrected chi connectivity index (χ0v) is 18.5. The lowest BCUT2D eigenvalue weighted by Gasteiger charge is -2.33. The zero-order chi connectivity index (χ0) is 20.1. The van der Waals surface area contributed by atoms with Crippen molar-refractivity contribution in [1.29, 1.82) is 0 Å². The van der Waals surface area contributed by atoms with Crippen LogP contribution in [0.4, 0.5) is 5.69 Å². The van der Waals surface area contributed by atoms with Gasteiger partial charge in [0, 0.05) is 23.5 Å². The Balaban J connectivity index is 1.49. The maximum absolute atomic E-state index is 5.66. The zero-order valence-electron chi connectivity index (χ0n) is 17.7. The van der Waals surface area contributed by atoms with Crippen molar-refractivity contribution in [3.8, 4) is 0 Å². The van der Waals surface area contributed by atoms with Crippen molar-refractivity contribution in [2.24, 2.45) is 0 Å². The Labute approximate surface area is 174 Å². The molecule has 1 atom stereocenters. The van der Waals surface area contributed by atoms with E-state index in [9.17, 15) is 0 Å². The Kier molecular flexibility index (Phi) is 7.08. The van der Waals surface area contributed by atoms with E-state index in [0.717, 1.165) is 56.5 Å². The average molecular weight is 401 g/mol. The molecule has 0 unspecified atom stereocenters. The van der Waals surface area contributed by atoms with Crippen LogP contribution >= 0.6 is 12.2 Å². The van der Waals surface area contributed by atoms with E-state index in [1.165, 1.54) is 16.8 Å². The lowest BCUT2D eigenvalue weighted by Crippen LogP contribution is -3.13. The fraction of sp³-hybridized carbons (Fsp3) is 0.545. The van der Waals surface area contributed by atoms with Crippen LogP contribution in [0.25, 0.3) is 0 Å². The van der Waals surface area contributed by atoms with Crippen molar-refractivity contribution in [3.63, 3.8) is 0 Å². The summed E-state index contributed by atoms with van der Waals surface area (Å²) < 4.78 is 2.08. The average Bonchev–Trinajstić information content (AvgIpc) is 3.08. The lowest BCUT2D eigenvalue weighted by atomic mass is 9.99. The Morgan fingerprint density at radius 3 is 2.46 bits per heavy atom. The predicted octanol–water partition coefficient (Wildman–Crippen LogP) is 2.82. The predicted molar refractivity (Wildman–Crippen MR) is 120 cm³/mol. The van der Waals surface area contributed by atoms with Crippen LogP contribution in [0.15, 0.2) is 30.5 Å². The third-order valence-corrected chi connectivity index (χ3v) is 6.41. The molecule has 1 aliphatic heterocycles. The molecule has 1 fully saturated rings. The maximum Gasteiger partial charge on any atom is 0.173 e. The van der Waals surface area contributed by atoms with Crippen LogP contribution in [0, 0.1) is 6.92 Å². The molecule has 3 rings (SSSR count). The largest absolute Gasteiger partial charge is 0.338 e. The van der Waals surface area contributed by atoms with E-state index in [0.29, 0.717) is 5.92 Å². The van der Waals surface area contributed by atoms with Crippen LogP contribution in [-0.4, -0.2) is 46.0 Å². The van der Waals surface area contributed by atoms with Crippen LogP contribution in [0.3, 0.4) is 0 Å². The molecule has 2 heterocycles. The van der Waals surface area contributed by atoms with E-state index >= 15 is 0 Å². The van der Waals surface area contributed by atoms with E-state index < -0.39 is 0 Å². The number of aromatic nitrogens is 2. The molecular formula is C22H34N5S+. The first-order valence-electron chi connectivity index (χ1n) is 10.5. The van der Waals surface area contributed by atoms with Gasteiger partial charge in [-0.25, -0.2) is 0 Å². The number of quaternary nitrogens is 1. The van der Waals surface area contributed by atoms with Gasteiger partial charge < -0.3 is 15.1 Å². The molecule has 2 aromatic rings. The molecule has 152 valence electrons. The van der Waals surface area contributed by atoms with E-state index in [4.69, 9.17) is 12.2 Å². The second-order valence-electron chi connectivity index (χ2n) is 7.85. The van der Waals surface area contributed by atoms with Crippen molar-refractivity contribution in [1.82, 2.24) is 14.7 Å². The van der Waals surface area contributed by atoms with Crippen LogP contribution in [0.5, 0.6) is 0 Å². The summed E-state index contributed by atoms with van der Waals surface area (Å²) in [5.41, 5.74) is 5.13. The minimum atomic E-state index is 0.602. The molecule has 0 radical (unpaired) electrons. The number of hydrogen-bond acceptors (Lipinski definition) is 2. The molecule has 0 aliphatic carbocycles. The van der Waals surface area contributed by atoms with Gasteiger partial charge in [0.25, 0.3) is 0 Å². The first kappa shape index (κ1) is 20.8. The summed E-state index contributed by atoms with van der Waals surface area (Å²) in [7, 11) is 0. The number of thiocarbonyl (C=S) groups is 1. The highest BCUT2D eigenvalue weighted by Gasteiger charge is 2.23. The van der Waals surface area contributed by atoms with Gasteiger partial charge in [-0.1, -0.05) is 26.0 Å². The number of nitrogens with zero attached hydrogens (tertiary/aromatic N) is 3. The second kappa shape index (κ2) is 9.52. The molecule has 1 aromatic heterocycles. The van der Waals surface area contributed by atoms with Crippen LogP contribution < -0.4 is 10.2 Å². The van der Waals surface area contributed by atoms with E-state index in [1.807, 2.05) is 6.20 Å². The van der Waals surface area contributed by atoms with Gasteiger partial charge in [-0.3, -0.25) is 4.68 Å². The summed E-state index contributed by atoms with van der Waals surface area (Å²) in [4.78, 5) is 3.90. The Morgan fingerprint density at radius 2 is 1.89 bits per heavy atom. The molecule has 2 N–H and O–H groups in total. The number of aryl methyl sites for hydroxylation is 1. The number of piperazine rings is 1. The van der Waals surface area contributed by atoms with Crippen LogP contribution in [-0.2, 0) is 13.1 Å². The van der Waals surface area contributed by atoms with E-state index in [-0.39, 0.29) is 0 Å². The first-order valence-corrected chi connectivity index (χ1v) is 10.9. The fourth-order valence-electron chi connectivity index (χ4n) is 3.78. The Bertz CT molecular complexity index is 775. The summed E-state index contributed by atoms with van der Waals surface area (Å²) in [6.45, 7) is 15.0. The molecule has 0 saturated carbocycles. The quantitative estimate of drug-likeness (QED) is 0.732. The smallest absolute Gasteiger partial charge is 0.173 e. The summed E-state index contributed by atoms with van der Waals surface area (Å²) >= 11 is 5.66. The summed E-state index contributed by atoms with van der Waals surface area (Å²) in [6.07, 6.45) is 3.20. The molecule has 0 amide bonds. The molecule has 28 heavy (non-hydrogen) atoms. The number of hydrogen-bond donors (Lipinski definition) is 2. The molecule has 1 aromatic carbocycles. The standard InChI is InChI=1S/C22H33N5S/c1-5-17(3)19-7-9-21(10-8-19)24-22(28)26-13-11-25(12-14-26)16-20-15-23-27(6-2)18(20)4/h7-10,15,17H,5-6,11-14,16H2,1-4H3,(H,24,28)/p+1/t17-/m1/s1. The highest BCUT2D eigenvalue weighted by atomic mass is 32.1. The maximum atomic E-state index is 5.66. The van der Waals surface area contributed by atoms with Gasteiger partial charge in [0.15, 0.2) is 5.11 Å². The number of nitrogens with one attached hydrogen (secondary N) is 2. The summed E-state index contributed by atoms with van der Waals surface area (Å²) in [6, 6.07) is 8.70. The molecule has 0 spiro atoms. The fourth-order valence-corrected chi connectivity index (χ4v) is 4.08. The van der Waals surface area contributed by atoms with Crippen molar-refractivity contribution < 1.29 is 4.90 Å². The van der Waals surface area contributed by atoms with Gasteiger partial charge in [0.05, 0.1) is 32.4 Å². The molecular weight excluding hydrogens is 366 g/mol. The second-order valence-corrected chi connectivity index (χ2v) is 8.23. The normalized spacial score (nSPS) is 16.2. The minimum absolute atomic E-state index is 0.602. The molecule has 0 bridgehead atoms. The highest BCUT2D eigenvalue weighted by molar-refractivity contribution is 7.80. The van der Waals surface area contributed by atoms with E-state index in [2.05, 4.69) is 72.0 Å². The van der Waals surface area contributed by atoms with Crippen LogP contribution in [0.1, 0.15) is 49.9 Å². The summed E-state index contributed by atoms with van der Waals surface area (Å²) in [5.74, 6) is 0.602. The van der Waals surface area contributed by atoms with Crippen LogP contribution in [0.2, 0.25) is 0 Å². The van der Waals surface area contributed by atoms with Gasteiger partial charge in [0.1, 0.15) is 6.54 Å². The topological polar surface area (TPSA) is 37.5 Å². The van der Waals surface area contributed by atoms with E-state index in [1.54, 1.807) is 4.90 Å². The Hall–Kier alpha value is -1.92. The molecule has 5 nitrogen and oxygen atoms in total. The number of benzene rings is 1. The lowest BCUT2D eigenvalue weighted by molar-refractivity contribution is -0.917. The van der Waals surface area contributed by atoms with Crippen molar-refractivity contribution in [2.45, 2.75) is 53.1 Å². The van der Waals surface area contributed by atoms with Gasteiger partial charge >= 0.3 is 0 Å². The minimum Gasteiger partial charge on any atom is -0.338 e. The van der Waals surface area contributed by atoms with Gasteiger partial charge in [-0.2, -0.15) is 5.10 Å². The molecule has 1 saturated heterocycles. The third-order valence-electron chi connectivity index (χ3n) is 6.05. The monoisotopic (exact) mass is 400 g/mol. The third kappa shape index (κ3) is 4.92. The first-order chi connectivity index (χ1) is 13.5. The Morgan fingerprint density at radius 1 is 1.21 bits per heavy atom. The number of anilines is 1. The van der Waals surface area contributed by atoms with Crippen molar-refractivity contribution in [2.75, 3.05) is 31.5 Å². The molecule has 1 aliphatic rings.